The lowest BCUT2D eigenvalue weighted by Gasteiger charge is -2.15. The Labute approximate surface area is 115 Å². The van der Waals surface area contributed by atoms with Crippen LogP contribution in [0.5, 0.6) is 0 Å². The van der Waals surface area contributed by atoms with Crippen molar-refractivity contribution in [3.05, 3.63) is 35.8 Å². The summed E-state index contributed by atoms with van der Waals surface area (Å²) in [4.78, 5) is 12.1. The highest BCUT2D eigenvalue weighted by Crippen LogP contribution is 2.34. The second kappa shape index (κ2) is 5.25. The first-order valence-corrected chi connectivity index (χ1v) is 6.78. The maximum absolute atomic E-state index is 13.1. The number of carbonyl (C=O) groups is 1. The van der Waals surface area contributed by atoms with Gasteiger partial charge in [0.25, 0.3) is 5.91 Å². The van der Waals surface area contributed by atoms with Crippen LogP contribution in [0.4, 0.5) is 4.39 Å². The zero-order chi connectivity index (χ0) is 14.1. The maximum Gasteiger partial charge on any atom is 0.287 e. The van der Waals surface area contributed by atoms with E-state index < -0.39 is 0 Å². The summed E-state index contributed by atoms with van der Waals surface area (Å²) >= 11 is 0. The number of hydrogen-bond donors (Lipinski definition) is 2. The Bertz CT molecular complexity index is 633. The standard InChI is InChI=1S/C15H16FNO3/c16-11-3-4-13-10(7-11)8-14(20-13)15(19)17-12(5-6-18)9-1-2-9/h3-4,7-9,12,18H,1-2,5-6H2,(H,17,19). The van der Waals surface area contributed by atoms with Crippen LogP contribution in [-0.4, -0.2) is 23.7 Å². The molecule has 4 nitrogen and oxygen atoms in total. The minimum absolute atomic E-state index is 0.0163. The van der Waals surface area contributed by atoms with Gasteiger partial charge in [-0.2, -0.15) is 0 Å². The van der Waals surface area contributed by atoms with Gasteiger partial charge in [-0.3, -0.25) is 4.79 Å². The second-order valence-electron chi connectivity index (χ2n) is 5.22. The van der Waals surface area contributed by atoms with E-state index in [9.17, 15) is 9.18 Å². The molecule has 20 heavy (non-hydrogen) atoms. The molecule has 5 heteroatoms. The molecule has 0 aliphatic heterocycles. The molecule has 1 aromatic carbocycles. The molecule has 1 heterocycles. The van der Waals surface area contributed by atoms with E-state index in [4.69, 9.17) is 9.52 Å². The Morgan fingerprint density at radius 2 is 2.25 bits per heavy atom. The van der Waals surface area contributed by atoms with Gasteiger partial charge in [0, 0.05) is 18.0 Å². The summed E-state index contributed by atoms with van der Waals surface area (Å²) in [7, 11) is 0. The predicted molar refractivity (Wildman–Crippen MR) is 71.9 cm³/mol. The highest BCUT2D eigenvalue weighted by molar-refractivity contribution is 5.96. The molecule has 1 fully saturated rings. The van der Waals surface area contributed by atoms with E-state index >= 15 is 0 Å². The fourth-order valence-corrected chi connectivity index (χ4v) is 2.43. The quantitative estimate of drug-likeness (QED) is 0.882. The third-order valence-electron chi connectivity index (χ3n) is 3.65. The van der Waals surface area contributed by atoms with Crippen molar-refractivity contribution >= 4 is 16.9 Å². The Kier molecular flexibility index (Phi) is 3.44. The van der Waals surface area contributed by atoms with Crippen molar-refractivity contribution < 1.29 is 18.7 Å². The number of halogens is 1. The van der Waals surface area contributed by atoms with Crippen molar-refractivity contribution in [2.75, 3.05) is 6.61 Å². The lowest BCUT2D eigenvalue weighted by molar-refractivity contribution is 0.0898. The van der Waals surface area contributed by atoms with E-state index in [1.54, 1.807) is 0 Å². The van der Waals surface area contributed by atoms with Crippen LogP contribution in [0.15, 0.2) is 28.7 Å². The number of benzene rings is 1. The van der Waals surface area contributed by atoms with Crippen LogP contribution < -0.4 is 5.32 Å². The lowest BCUT2D eigenvalue weighted by Crippen LogP contribution is -2.36. The largest absolute Gasteiger partial charge is 0.451 e. The van der Waals surface area contributed by atoms with Crippen LogP contribution in [0.25, 0.3) is 11.0 Å². The zero-order valence-corrected chi connectivity index (χ0v) is 10.9. The van der Waals surface area contributed by atoms with Crippen molar-refractivity contribution in [1.29, 1.82) is 0 Å². The van der Waals surface area contributed by atoms with Crippen LogP contribution in [0, 0.1) is 11.7 Å². The molecule has 1 atom stereocenters. The Balaban J connectivity index is 1.77. The molecule has 1 unspecified atom stereocenters. The summed E-state index contributed by atoms with van der Waals surface area (Å²) in [6, 6.07) is 5.66. The predicted octanol–water partition coefficient (Wildman–Crippen LogP) is 2.46. The molecule has 2 aromatic rings. The fourth-order valence-electron chi connectivity index (χ4n) is 2.43. The van der Waals surface area contributed by atoms with Crippen LogP contribution >= 0.6 is 0 Å². The molecule has 1 aromatic heterocycles. The van der Waals surface area contributed by atoms with E-state index in [-0.39, 0.29) is 30.1 Å². The molecule has 1 aliphatic carbocycles. The van der Waals surface area contributed by atoms with Gasteiger partial charge in [0.05, 0.1) is 0 Å². The van der Waals surface area contributed by atoms with Gasteiger partial charge in [0.15, 0.2) is 5.76 Å². The maximum atomic E-state index is 13.1. The fraction of sp³-hybridized carbons (Fsp3) is 0.400. The summed E-state index contributed by atoms with van der Waals surface area (Å²) < 4.78 is 18.5. The average molecular weight is 277 g/mol. The van der Waals surface area contributed by atoms with Gasteiger partial charge >= 0.3 is 0 Å². The molecule has 0 radical (unpaired) electrons. The normalized spacial score (nSPS) is 16.3. The minimum atomic E-state index is -0.360. The molecule has 0 saturated heterocycles. The Morgan fingerprint density at radius 1 is 1.45 bits per heavy atom. The number of carbonyl (C=O) groups excluding carboxylic acids is 1. The number of furan rings is 1. The first-order valence-electron chi connectivity index (χ1n) is 6.78. The second-order valence-corrected chi connectivity index (χ2v) is 5.22. The van der Waals surface area contributed by atoms with Gasteiger partial charge in [0.2, 0.25) is 0 Å². The topological polar surface area (TPSA) is 62.5 Å². The Morgan fingerprint density at radius 3 is 2.95 bits per heavy atom. The molecule has 3 rings (SSSR count). The number of amides is 1. The van der Waals surface area contributed by atoms with E-state index in [1.165, 1.54) is 24.3 Å². The number of aliphatic hydroxyl groups is 1. The Hall–Kier alpha value is -1.88. The van der Waals surface area contributed by atoms with Crippen molar-refractivity contribution in [2.45, 2.75) is 25.3 Å². The highest BCUT2D eigenvalue weighted by atomic mass is 19.1. The number of aliphatic hydroxyl groups excluding tert-OH is 1. The van der Waals surface area contributed by atoms with E-state index in [2.05, 4.69) is 5.32 Å². The third kappa shape index (κ3) is 2.67. The molecule has 1 aliphatic rings. The first kappa shape index (κ1) is 13.1. The van der Waals surface area contributed by atoms with Gasteiger partial charge < -0.3 is 14.8 Å². The average Bonchev–Trinajstić information content (AvgIpc) is 3.17. The van der Waals surface area contributed by atoms with E-state index in [0.717, 1.165) is 12.8 Å². The SMILES string of the molecule is O=C(NC(CCO)C1CC1)c1cc2cc(F)ccc2o1. The van der Waals surface area contributed by atoms with Gasteiger partial charge in [-0.1, -0.05) is 0 Å². The molecule has 1 saturated carbocycles. The first-order chi connectivity index (χ1) is 9.67. The van der Waals surface area contributed by atoms with Gasteiger partial charge in [-0.25, -0.2) is 4.39 Å². The highest BCUT2D eigenvalue weighted by Gasteiger charge is 2.32. The molecule has 0 bridgehead atoms. The minimum Gasteiger partial charge on any atom is -0.451 e. The van der Waals surface area contributed by atoms with Crippen molar-refractivity contribution in [3.8, 4) is 0 Å². The number of rotatable bonds is 5. The molecular weight excluding hydrogens is 261 g/mol. The third-order valence-corrected chi connectivity index (χ3v) is 3.65. The molecule has 106 valence electrons. The number of hydrogen-bond acceptors (Lipinski definition) is 3. The van der Waals surface area contributed by atoms with Gasteiger partial charge in [-0.15, -0.1) is 0 Å². The van der Waals surface area contributed by atoms with Crippen molar-refractivity contribution in [1.82, 2.24) is 5.32 Å². The van der Waals surface area contributed by atoms with Crippen LogP contribution in [0.3, 0.4) is 0 Å². The molecular formula is C15H16FNO3. The summed E-state index contributed by atoms with van der Waals surface area (Å²) in [5.74, 6) is -0.0459. The van der Waals surface area contributed by atoms with E-state index in [1.807, 2.05) is 0 Å². The molecule has 0 spiro atoms. The summed E-state index contributed by atoms with van der Waals surface area (Å²) in [5, 5.41) is 12.5. The van der Waals surface area contributed by atoms with Gasteiger partial charge in [-0.05, 0) is 49.4 Å². The van der Waals surface area contributed by atoms with Crippen LogP contribution in [0.1, 0.15) is 29.8 Å². The number of fused-ring (bicyclic) bond motifs is 1. The van der Waals surface area contributed by atoms with Crippen molar-refractivity contribution in [3.63, 3.8) is 0 Å². The molecule has 1 amide bonds. The summed E-state index contributed by atoms with van der Waals surface area (Å²) in [6.45, 7) is 0.0484. The molecule has 2 N–H and O–H groups in total. The summed E-state index contributed by atoms with van der Waals surface area (Å²) in [5.41, 5.74) is 0.488. The summed E-state index contributed by atoms with van der Waals surface area (Å²) in [6.07, 6.45) is 2.71. The van der Waals surface area contributed by atoms with Crippen molar-refractivity contribution in [2.24, 2.45) is 5.92 Å². The monoisotopic (exact) mass is 277 g/mol. The van der Waals surface area contributed by atoms with Crippen LogP contribution in [0.2, 0.25) is 0 Å². The zero-order valence-electron chi connectivity index (χ0n) is 10.9. The number of nitrogens with one attached hydrogen (secondary N) is 1. The smallest absolute Gasteiger partial charge is 0.287 e. The van der Waals surface area contributed by atoms with Gasteiger partial charge in [0.1, 0.15) is 11.4 Å². The van der Waals surface area contributed by atoms with E-state index in [0.29, 0.717) is 23.3 Å². The lowest BCUT2D eigenvalue weighted by atomic mass is 10.1. The van der Waals surface area contributed by atoms with Crippen LogP contribution in [-0.2, 0) is 0 Å².